The van der Waals surface area contributed by atoms with E-state index in [0.29, 0.717) is 6.42 Å². The quantitative estimate of drug-likeness (QED) is 0.640. The standard InChI is InChI=1S/C5H8IO3/c6-5-1-3(8)4(2-7)9-5/h3-4,7-8H,1-2H2/t3-,4+/m0/s1. The molecule has 1 radical (unpaired) electrons. The van der Waals surface area contributed by atoms with E-state index in [2.05, 4.69) is 0 Å². The van der Waals surface area contributed by atoms with Crippen LogP contribution in [0.5, 0.6) is 0 Å². The normalized spacial score (nSPS) is 37.7. The molecule has 0 aromatic heterocycles. The second-order valence-corrected chi connectivity index (χ2v) is 3.17. The smallest absolute Gasteiger partial charge is 0.160 e. The van der Waals surface area contributed by atoms with Gasteiger partial charge in [0.2, 0.25) is 0 Å². The van der Waals surface area contributed by atoms with E-state index in [4.69, 9.17) is 14.9 Å². The number of halogens is 1. The fourth-order valence-corrected chi connectivity index (χ4v) is 1.52. The molecule has 1 rings (SSSR count). The zero-order chi connectivity index (χ0) is 6.85. The van der Waals surface area contributed by atoms with E-state index in [9.17, 15) is 0 Å². The molecule has 0 saturated carbocycles. The van der Waals surface area contributed by atoms with E-state index in [0.717, 1.165) is 4.11 Å². The van der Waals surface area contributed by atoms with Gasteiger partial charge in [-0.3, -0.25) is 0 Å². The van der Waals surface area contributed by atoms with Gasteiger partial charge in [0.1, 0.15) is 6.10 Å². The van der Waals surface area contributed by atoms with Crippen molar-refractivity contribution in [1.82, 2.24) is 0 Å². The summed E-state index contributed by atoms with van der Waals surface area (Å²) in [5.41, 5.74) is 0. The van der Waals surface area contributed by atoms with Crippen LogP contribution in [0, 0.1) is 4.11 Å². The van der Waals surface area contributed by atoms with Crippen molar-refractivity contribution >= 4 is 22.6 Å². The van der Waals surface area contributed by atoms with Crippen molar-refractivity contribution < 1.29 is 14.9 Å². The van der Waals surface area contributed by atoms with Gasteiger partial charge in [-0.25, -0.2) is 0 Å². The maximum absolute atomic E-state index is 9.05. The molecule has 1 aliphatic rings. The van der Waals surface area contributed by atoms with Gasteiger partial charge < -0.3 is 14.9 Å². The first-order valence-corrected chi connectivity index (χ1v) is 3.79. The average Bonchev–Trinajstić information content (AvgIpc) is 2.10. The number of rotatable bonds is 1. The van der Waals surface area contributed by atoms with Gasteiger partial charge >= 0.3 is 0 Å². The number of hydrogen-bond donors (Lipinski definition) is 2. The van der Waals surface area contributed by atoms with Gasteiger partial charge in [-0.05, 0) is 22.6 Å². The Hall–Kier alpha value is 0.610. The number of ether oxygens (including phenoxy) is 1. The first-order valence-electron chi connectivity index (χ1n) is 2.71. The summed E-state index contributed by atoms with van der Waals surface area (Å²) in [6, 6.07) is 0. The lowest BCUT2D eigenvalue weighted by atomic mass is 10.2. The molecule has 2 atom stereocenters. The van der Waals surface area contributed by atoms with Gasteiger partial charge in [-0.2, -0.15) is 0 Å². The predicted octanol–water partition coefficient (Wildman–Crippen LogP) is 0.0530. The fourth-order valence-electron chi connectivity index (χ4n) is 0.746. The third-order valence-corrected chi connectivity index (χ3v) is 1.95. The Morgan fingerprint density at radius 1 is 1.78 bits per heavy atom. The lowest BCUT2D eigenvalue weighted by Gasteiger charge is -2.07. The molecule has 4 heteroatoms. The van der Waals surface area contributed by atoms with Crippen LogP contribution >= 0.6 is 22.6 Å². The van der Waals surface area contributed by atoms with Gasteiger partial charge in [-0.1, -0.05) is 0 Å². The van der Waals surface area contributed by atoms with E-state index in [1.165, 1.54) is 0 Å². The van der Waals surface area contributed by atoms with Crippen molar-refractivity contribution in [2.24, 2.45) is 0 Å². The van der Waals surface area contributed by atoms with Crippen LogP contribution in [0.25, 0.3) is 0 Å². The van der Waals surface area contributed by atoms with Crippen LogP contribution in [-0.4, -0.2) is 29.0 Å². The molecule has 0 spiro atoms. The first kappa shape index (κ1) is 7.71. The summed E-state index contributed by atoms with van der Waals surface area (Å²) in [4.78, 5) is 0. The van der Waals surface area contributed by atoms with Crippen molar-refractivity contribution in [3.8, 4) is 0 Å². The van der Waals surface area contributed by atoms with Crippen molar-refractivity contribution in [2.75, 3.05) is 6.61 Å². The molecule has 0 bridgehead atoms. The average molecular weight is 243 g/mol. The van der Waals surface area contributed by atoms with Crippen molar-refractivity contribution in [1.29, 1.82) is 0 Å². The molecule has 9 heavy (non-hydrogen) atoms. The van der Waals surface area contributed by atoms with Gasteiger partial charge in [0, 0.05) is 6.42 Å². The van der Waals surface area contributed by atoms with Crippen LogP contribution in [0.2, 0.25) is 0 Å². The summed E-state index contributed by atoms with van der Waals surface area (Å²) in [6.07, 6.45) is -0.356. The number of hydrogen-bond acceptors (Lipinski definition) is 3. The summed E-state index contributed by atoms with van der Waals surface area (Å²) in [7, 11) is 0. The Bertz CT molecular complexity index is 98.2. The minimum absolute atomic E-state index is 0.104. The Balaban J connectivity index is 2.38. The predicted molar refractivity (Wildman–Crippen MR) is 39.8 cm³/mol. The van der Waals surface area contributed by atoms with Crippen LogP contribution in [0.3, 0.4) is 0 Å². The molecule has 0 aromatic carbocycles. The van der Waals surface area contributed by atoms with Crippen molar-refractivity contribution in [3.05, 3.63) is 4.11 Å². The van der Waals surface area contributed by atoms with Gasteiger partial charge in [0.15, 0.2) is 4.11 Å². The van der Waals surface area contributed by atoms with Crippen LogP contribution < -0.4 is 0 Å². The minimum atomic E-state index is -0.512. The number of aliphatic hydroxyl groups excluding tert-OH is 2. The highest BCUT2D eigenvalue weighted by molar-refractivity contribution is 14.1. The largest absolute Gasteiger partial charge is 0.394 e. The van der Waals surface area contributed by atoms with E-state index in [-0.39, 0.29) is 6.61 Å². The lowest BCUT2D eigenvalue weighted by molar-refractivity contribution is 0.0155. The third kappa shape index (κ3) is 1.76. The van der Waals surface area contributed by atoms with Crippen LogP contribution in [0.15, 0.2) is 0 Å². The highest BCUT2D eigenvalue weighted by Gasteiger charge is 2.32. The molecular weight excluding hydrogens is 235 g/mol. The molecule has 1 fully saturated rings. The summed E-state index contributed by atoms with van der Waals surface area (Å²) in [5.74, 6) is 0. The molecule has 0 unspecified atom stereocenters. The molecule has 1 aliphatic heterocycles. The molecule has 2 N–H and O–H groups in total. The number of aliphatic hydroxyl groups is 2. The monoisotopic (exact) mass is 243 g/mol. The highest BCUT2D eigenvalue weighted by Crippen LogP contribution is 2.30. The maximum atomic E-state index is 9.05. The molecule has 1 saturated heterocycles. The Morgan fingerprint density at radius 2 is 2.44 bits per heavy atom. The maximum Gasteiger partial charge on any atom is 0.160 e. The van der Waals surface area contributed by atoms with E-state index < -0.39 is 12.2 Å². The molecular formula is C5H8IO3. The summed E-state index contributed by atoms with van der Waals surface area (Å²) in [5, 5.41) is 17.6. The molecule has 0 amide bonds. The Kier molecular flexibility index (Phi) is 2.69. The minimum Gasteiger partial charge on any atom is -0.394 e. The summed E-state index contributed by atoms with van der Waals surface area (Å²) in [6.45, 7) is -0.104. The zero-order valence-corrected chi connectivity index (χ0v) is 6.91. The summed E-state index contributed by atoms with van der Waals surface area (Å²) >= 11 is 2.01. The molecule has 3 nitrogen and oxygen atoms in total. The molecule has 53 valence electrons. The van der Waals surface area contributed by atoms with E-state index in [1.54, 1.807) is 0 Å². The third-order valence-electron chi connectivity index (χ3n) is 1.26. The highest BCUT2D eigenvalue weighted by atomic mass is 127. The molecule has 0 aromatic rings. The second kappa shape index (κ2) is 3.14. The van der Waals surface area contributed by atoms with E-state index in [1.807, 2.05) is 22.6 Å². The van der Waals surface area contributed by atoms with Gasteiger partial charge in [0.05, 0.1) is 12.7 Å². The van der Waals surface area contributed by atoms with Crippen molar-refractivity contribution in [2.45, 2.75) is 18.6 Å². The van der Waals surface area contributed by atoms with Crippen LogP contribution in [-0.2, 0) is 4.74 Å². The molecule has 0 aliphatic carbocycles. The fraction of sp³-hybridized carbons (Fsp3) is 0.800. The second-order valence-electron chi connectivity index (χ2n) is 1.97. The summed E-state index contributed by atoms with van der Waals surface area (Å²) < 4.78 is 5.80. The Labute approximate surface area is 67.2 Å². The first-order chi connectivity index (χ1) is 4.24. The Morgan fingerprint density at radius 3 is 2.67 bits per heavy atom. The van der Waals surface area contributed by atoms with Crippen molar-refractivity contribution in [3.63, 3.8) is 0 Å². The SMILES string of the molecule is OC[C@H]1O[C](I)C[C@@H]1O. The van der Waals surface area contributed by atoms with Crippen LogP contribution in [0.1, 0.15) is 6.42 Å². The van der Waals surface area contributed by atoms with Gasteiger partial charge in [-0.15, -0.1) is 0 Å². The lowest BCUT2D eigenvalue weighted by Crippen LogP contribution is -2.24. The van der Waals surface area contributed by atoms with Gasteiger partial charge in [0.25, 0.3) is 0 Å². The molecule has 1 heterocycles. The zero-order valence-electron chi connectivity index (χ0n) is 4.75. The van der Waals surface area contributed by atoms with Crippen LogP contribution in [0.4, 0.5) is 0 Å². The van der Waals surface area contributed by atoms with E-state index >= 15 is 0 Å². The topological polar surface area (TPSA) is 49.7 Å².